The minimum Gasteiger partial charge on any atom is -0.360 e. The van der Waals surface area contributed by atoms with Crippen molar-refractivity contribution in [1.29, 1.82) is 5.26 Å². The second-order valence-electron chi connectivity index (χ2n) is 6.98. The Hall–Kier alpha value is -2.64. The highest BCUT2D eigenvalue weighted by atomic mass is 32.1. The van der Waals surface area contributed by atoms with E-state index in [1.807, 2.05) is 6.92 Å². The Bertz CT molecular complexity index is 920. The Morgan fingerprint density at radius 3 is 2.73 bits per heavy atom. The average molecular weight is 437 g/mol. The topological polar surface area (TPSA) is 81.0 Å². The Morgan fingerprint density at radius 2 is 2.07 bits per heavy atom. The lowest BCUT2D eigenvalue weighted by Crippen LogP contribution is -2.41. The van der Waals surface area contributed by atoms with Crippen LogP contribution in [0.15, 0.2) is 24.3 Å². The molecular formula is C20H22F3N5OS. The second-order valence-corrected chi connectivity index (χ2v) is 8.18. The number of thiazole rings is 1. The Labute approximate surface area is 176 Å². The van der Waals surface area contributed by atoms with Crippen LogP contribution in [-0.2, 0) is 11.0 Å². The highest BCUT2D eigenvalue weighted by molar-refractivity contribution is 7.16. The monoisotopic (exact) mass is 437 g/mol. The standard InChI is InChI=1S/C20H22F3N5OS/c1-13-18(14-4-6-15(7-5-14)20(21,22)23)27-19(30-13)26-9-8-25-12-17(29)28-10-2-3-16(28)11-24/h4-7,16,25H,2-3,8-10,12H2,1H3,(H,26,27). The van der Waals surface area contributed by atoms with Gasteiger partial charge in [0, 0.05) is 30.1 Å². The van der Waals surface area contributed by atoms with Crippen molar-refractivity contribution in [3.63, 3.8) is 0 Å². The molecule has 2 aromatic rings. The number of carbonyl (C=O) groups is 1. The Morgan fingerprint density at radius 1 is 1.33 bits per heavy atom. The lowest BCUT2D eigenvalue weighted by Gasteiger charge is -2.19. The number of amides is 1. The SMILES string of the molecule is Cc1sc(NCCNCC(=O)N2CCCC2C#N)nc1-c1ccc(C(F)(F)F)cc1. The maximum absolute atomic E-state index is 12.7. The molecule has 2 N–H and O–H groups in total. The minimum absolute atomic E-state index is 0.0752. The highest BCUT2D eigenvalue weighted by Gasteiger charge is 2.30. The number of alkyl halides is 3. The molecule has 1 aliphatic rings. The number of aromatic nitrogens is 1. The van der Waals surface area contributed by atoms with E-state index in [9.17, 15) is 18.0 Å². The third-order valence-corrected chi connectivity index (χ3v) is 5.79. The summed E-state index contributed by atoms with van der Waals surface area (Å²) in [6.07, 6.45) is -2.77. The summed E-state index contributed by atoms with van der Waals surface area (Å²) in [5.41, 5.74) is 0.593. The van der Waals surface area contributed by atoms with E-state index in [1.165, 1.54) is 23.5 Å². The molecule has 1 aromatic carbocycles. The second kappa shape index (κ2) is 9.45. The molecule has 0 saturated carbocycles. The summed E-state index contributed by atoms with van der Waals surface area (Å²) >= 11 is 1.42. The van der Waals surface area contributed by atoms with Gasteiger partial charge in [0.25, 0.3) is 0 Å². The summed E-state index contributed by atoms with van der Waals surface area (Å²) in [7, 11) is 0. The fourth-order valence-electron chi connectivity index (χ4n) is 3.31. The van der Waals surface area contributed by atoms with Crippen LogP contribution >= 0.6 is 11.3 Å². The van der Waals surface area contributed by atoms with Gasteiger partial charge in [-0.05, 0) is 31.9 Å². The van der Waals surface area contributed by atoms with Gasteiger partial charge in [-0.25, -0.2) is 4.98 Å². The lowest BCUT2D eigenvalue weighted by atomic mass is 10.1. The quantitative estimate of drug-likeness (QED) is 0.647. The minimum atomic E-state index is -4.36. The van der Waals surface area contributed by atoms with Crippen LogP contribution in [0.25, 0.3) is 11.3 Å². The predicted octanol–water partition coefficient (Wildman–Crippen LogP) is 3.65. The number of hydrogen-bond acceptors (Lipinski definition) is 6. The van der Waals surface area contributed by atoms with Gasteiger partial charge in [0.05, 0.1) is 23.9 Å². The number of benzene rings is 1. The van der Waals surface area contributed by atoms with Gasteiger partial charge < -0.3 is 15.5 Å². The van der Waals surface area contributed by atoms with E-state index in [0.29, 0.717) is 36.0 Å². The first kappa shape index (κ1) is 22.1. The van der Waals surface area contributed by atoms with E-state index in [0.717, 1.165) is 29.9 Å². The van der Waals surface area contributed by atoms with Crippen LogP contribution in [0.4, 0.5) is 18.3 Å². The smallest absolute Gasteiger partial charge is 0.360 e. The van der Waals surface area contributed by atoms with Gasteiger partial charge in [-0.15, -0.1) is 11.3 Å². The fraction of sp³-hybridized carbons (Fsp3) is 0.450. The number of halogens is 3. The molecule has 30 heavy (non-hydrogen) atoms. The molecule has 3 rings (SSSR count). The number of rotatable bonds is 7. The van der Waals surface area contributed by atoms with Crippen LogP contribution in [-0.4, -0.2) is 48.0 Å². The van der Waals surface area contributed by atoms with Crippen LogP contribution in [0.5, 0.6) is 0 Å². The molecule has 0 aliphatic carbocycles. The van der Waals surface area contributed by atoms with Gasteiger partial charge >= 0.3 is 6.18 Å². The third kappa shape index (κ3) is 5.29. The number of carbonyl (C=O) groups excluding carboxylic acids is 1. The molecule has 0 bridgehead atoms. The van der Waals surface area contributed by atoms with Crippen LogP contribution < -0.4 is 10.6 Å². The first-order chi connectivity index (χ1) is 14.3. The number of nitrogens with one attached hydrogen (secondary N) is 2. The molecular weight excluding hydrogens is 415 g/mol. The Kier molecular flexibility index (Phi) is 6.95. The summed E-state index contributed by atoms with van der Waals surface area (Å²) in [4.78, 5) is 19.1. The van der Waals surface area contributed by atoms with E-state index in [-0.39, 0.29) is 18.5 Å². The molecule has 1 fully saturated rings. The fourth-order valence-corrected chi connectivity index (χ4v) is 4.17. The Balaban J connectivity index is 1.47. The zero-order valence-electron chi connectivity index (χ0n) is 16.4. The summed E-state index contributed by atoms with van der Waals surface area (Å²) in [5.74, 6) is -0.0752. The molecule has 10 heteroatoms. The largest absolute Gasteiger partial charge is 0.416 e. The van der Waals surface area contributed by atoms with Gasteiger partial charge in [-0.2, -0.15) is 18.4 Å². The van der Waals surface area contributed by atoms with Crippen molar-refractivity contribution in [2.75, 3.05) is 31.5 Å². The van der Waals surface area contributed by atoms with Crippen molar-refractivity contribution in [2.24, 2.45) is 0 Å². The van der Waals surface area contributed by atoms with E-state index in [2.05, 4.69) is 21.7 Å². The van der Waals surface area contributed by atoms with Crippen molar-refractivity contribution < 1.29 is 18.0 Å². The molecule has 0 spiro atoms. The number of likely N-dealkylation sites (tertiary alicyclic amines) is 1. The zero-order chi connectivity index (χ0) is 21.7. The van der Waals surface area contributed by atoms with E-state index in [1.54, 1.807) is 4.90 Å². The number of nitriles is 1. The number of aryl methyl sites for hydroxylation is 1. The predicted molar refractivity (Wildman–Crippen MR) is 109 cm³/mol. The van der Waals surface area contributed by atoms with Crippen molar-refractivity contribution in [1.82, 2.24) is 15.2 Å². The van der Waals surface area contributed by atoms with Gasteiger partial charge in [0.1, 0.15) is 6.04 Å². The molecule has 1 aliphatic heterocycles. The van der Waals surface area contributed by atoms with E-state index >= 15 is 0 Å². The summed E-state index contributed by atoms with van der Waals surface area (Å²) in [6.45, 7) is 3.74. The third-order valence-electron chi connectivity index (χ3n) is 4.86. The molecule has 6 nitrogen and oxygen atoms in total. The highest BCUT2D eigenvalue weighted by Crippen LogP contribution is 2.33. The normalized spacial score (nSPS) is 16.5. The maximum atomic E-state index is 12.7. The van der Waals surface area contributed by atoms with Crippen LogP contribution in [0.3, 0.4) is 0 Å². The van der Waals surface area contributed by atoms with Gasteiger partial charge in [0.15, 0.2) is 5.13 Å². The van der Waals surface area contributed by atoms with Crippen LogP contribution in [0.1, 0.15) is 23.3 Å². The molecule has 1 amide bonds. The molecule has 1 unspecified atom stereocenters. The van der Waals surface area contributed by atoms with E-state index in [4.69, 9.17) is 5.26 Å². The number of hydrogen-bond donors (Lipinski definition) is 2. The lowest BCUT2D eigenvalue weighted by molar-refractivity contribution is -0.137. The average Bonchev–Trinajstić information content (AvgIpc) is 3.33. The first-order valence-electron chi connectivity index (χ1n) is 9.58. The summed E-state index contributed by atoms with van der Waals surface area (Å²) < 4.78 is 38.1. The van der Waals surface area contributed by atoms with Gasteiger partial charge in [-0.1, -0.05) is 12.1 Å². The molecule has 160 valence electrons. The van der Waals surface area contributed by atoms with Crippen molar-refractivity contribution in [3.05, 3.63) is 34.7 Å². The molecule has 1 saturated heterocycles. The van der Waals surface area contributed by atoms with Gasteiger partial charge in [0.2, 0.25) is 5.91 Å². The van der Waals surface area contributed by atoms with Crippen LogP contribution in [0.2, 0.25) is 0 Å². The molecule has 1 atom stereocenters. The maximum Gasteiger partial charge on any atom is 0.416 e. The van der Waals surface area contributed by atoms with Crippen LogP contribution in [0, 0.1) is 18.3 Å². The molecule has 1 aromatic heterocycles. The first-order valence-corrected chi connectivity index (χ1v) is 10.4. The van der Waals surface area contributed by atoms with E-state index < -0.39 is 11.7 Å². The molecule has 0 radical (unpaired) electrons. The molecule has 2 heterocycles. The summed E-state index contributed by atoms with van der Waals surface area (Å²) in [6, 6.07) is 6.79. The zero-order valence-corrected chi connectivity index (χ0v) is 17.2. The van der Waals surface area contributed by atoms with Crippen molar-refractivity contribution in [2.45, 2.75) is 32.0 Å². The van der Waals surface area contributed by atoms with Crippen molar-refractivity contribution >= 4 is 22.4 Å². The van der Waals surface area contributed by atoms with Crippen molar-refractivity contribution in [3.8, 4) is 17.3 Å². The summed E-state index contributed by atoms with van der Waals surface area (Å²) in [5, 5.41) is 15.9. The van der Waals surface area contributed by atoms with Gasteiger partial charge in [-0.3, -0.25) is 4.79 Å². The number of nitrogens with zero attached hydrogens (tertiary/aromatic N) is 3. The number of anilines is 1.